The van der Waals surface area contributed by atoms with Crippen molar-refractivity contribution in [3.63, 3.8) is 0 Å². The molecule has 0 bridgehead atoms. The molecular weight excluding hydrogens is 432 g/mol. The van der Waals surface area contributed by atoms with Crippen LogP contribution < -0.4 is 16.3 Å². The maximum Gasteiger partial charge on any atom is 0.335 e. The zero-order valence-electron chi connectivity index (χ0n) is 17.5. The zero-order valence-corrected chi connectivity index (χ0v) is 18.3. The number of aryl methyl sites for hydroxylation is 2. The van der Waals surface area contributed by atoms with Gasteiger partial charge < -0.3 is 5.11 Å². The van der Waals surface area contributed by atoms with Crippen LogP contribution in [0.4, 0.5) is 5.69 Å². The van der Waals surface area contributed by atoms with Crippen LogP contribution in [-0.4, -0.2) is 26.3 Å². The molecule has 8 nitrogen and oxygen atoms in total. The SMILES string of the molecule is CC1=NN(c2ccc(C)c(C)c2)C(=O)C1=Cc1c(O)n(-c2cccc(Cl)c2)c(=O)[nH]c1=O. The summed E-state index contributed by atoms with van der Waals surface area (Å²) in [5.74, 6) is -1.07. The van der Waals surface area contributed by atoms with Gasteiger partial charge in [0.15, 0.2) is 0 Å². The highest BCUT2D eigenvalue weighted by molar-refractivity contribution is 6.32. The van der Waals surface area contributed by atoms with Crippen LogP contribution >= 0.6 is 11.6 Å². The van der Waals surface area contributed by atoms with Gasteiger partial charge in [-0.3, -0.25) is 14.6 Å². The molecule has 2 heterocycles. The van der Waals surface area contributed by atoms with E-state index in [-0.39, 0.29) is 16.8 Å². The second-order valence-electron chi connectivity index (χ2n) is 7.44. The van der Waals surface area contributed by atoms with Gasteiger partial charge in [-0.05, 0) is 68.3 Å². The topological polar surface area (TPSA) is 108 Å². The van der Waals surface area contributed by atoms with Crippen LogP contribution in [0.1, 0.15) is 23.6 Å². The molecule has 0 fully saturated rings. The zero-order chi connectivity index (χ0) is 23.2. The van der Waals surface area contributed by atoms with Crippen LogP contribution in [0.5, 0.6) is 5.88 Å². The first kappa shape index (κ1) is 21.3. The van der Waals surface area contributed by atoms with Crippen molar-refractivity contribution in [3.05, 3.63) is 90.6 Å². The number of aromatic amines is 1. The van der Waals surface area contributed by atoms with Gasteiger partial charge in [0, 0.05) is 5.02 Å². The molecule has 162 valence electrons. The van der Waals surface area contributed by atoms with E-state index < -0.39 is 23.0 Å². The van der Waals surface area contributed by atoms with E-state index in [9.17, 15) is 19.5 Å². The van der Waals surface area contributed by atoms with Gasteiger partial charge in [0.1, 0.15) is 5.56 Å². The van der Waals surface area contributed by atoms with Gasteiger partial charge in [0.2, 0.25) is 5.88 Å². The highest BCUT2D eigenvalue weighted by Crippen LogP contribution is 2.28. The lowest BCUT2D eigenvalue weighted by molar-refractivity contribution is -0.114. The third-order valence-electron chi connectivity index (χ3n) is 5.27. The smallest absolute Gasteiger partial charge is 0.335 e. The molecule has 0 saturated heterocycles. The Bertz CT molecular complexity index is 1450. The molecule has 1 aromatic heterocycles. The molecule has 0 aliphatic carbocycles. The molecule has 2 aromatic carbocycles. The normalized spacial score (nSPS) is 14.9. The lowest BCUT2D eigenvalue weighted by atomic mass is 10.1. The highest BCUT2D eigenvalue weighted by Gasteiger charge is 2.30. The Hall–Kier alpha value is -3.91. The molecule has 9 heteroatoms. The number of amides is 1. The summed E-state index contributed by atoms with van der Waals surface area (Å²) in [6.07, 6.45) is 1.23. The van der Waals surface area contributed by atoms with Gasteiger partial charge in [-0.25, -0.2) is 9.36 Å². The summed E-state index contributed by atoms with van der Waals surface area (Å²) < 4.78 is 0.909. The highest BCUT2D eigenvalue weighted by atomic mass is 35.5. The van der Waals surface area contributed by atoms with E-state index in [1.165, 1.54) is 17.2 Å². The Morgan fingerprint density at radius 3 is 2.44 bits per heavy atom. The first-order valence-corrected chi connectivity index (χ1v) is 10.1. The molecule has 0 spiro atoms. The van der Waals surface area contributed by atoms with Crippen LogP contribution in [0.2, 0.25) is 5.02 Å². The fourth-order valence-corrected chi connectivity index (χ4v) is 3.57. The predicted octanol–water partition coefficient (Wildman–Crippen LogP) is 3.31. The van der Waals surface area contributed by atoms with Crippen molar-refractivity contribution in [1.29, 1.82) is 0 Å². The summed E-state index contributed by atoms with van der Waals surface area (Å²) in [4.78, 5) is 40.1. The average molecular weight is 451 g/mol. The molecule has 0 atom stereocenters. The minimum Gasteiger partial charge on any atom is -0.494 e. The van der Waals surface area contributed by atoms with Crippen LogP contribution in [0.15, 0.2) is 62.7 Å². The number of rotatable bonds is 3. The number of hydrogen-bond donors (Lipinski definition) is 2. The molecule has 0 unspecified atom stereocenters. The van der Waals surface area contributed by atoms with Crippen molar-refractivity contribution in [2.24, 2.45) is 5.10 Å². The summed E-state index contributed by atoms with van der Waals surface area (Å²) in [5.41, 5.74) is 1.51. The number of aromatic nitrogens is 2. The average Bonchev–Trinajstić information content (AvgIpc) is 3.01. The largest absolute Gasteiger partial charge is 0.494 e. The van der Waals surface area contributed by atoms with E-state index in [4.69, 9.17) is 11.6 Å². The van der Waals surface area contributed by atoms with Gasteiger partial charge in [0.05, 0.1) is 22.7 Å². The standard InChI is InChI=1S/C23H19ClN4O4/c1-12-7-8-17(9-13(12)2)28-22(31)18(14(3)26-28)11-19-20(29)25-23(32)27(21(19)30)16-6-4-5-15(24)10-16/h4-11,30H,1-3H3,(H,25,29,32). The van der Waals surface area contributed by atoms with Crippen molar-refractivity contribution < 1.29 is 9.90 Å². The lowest BCUT2D eigenvalue weighted by Crippen LogP contribution is -2.30. The van der Waals surface area contributed by atoms with Crippen molar-refractivity contribution in [3.8, 4) is 11.6 Å². The molecule has 1 amide bonds. The third-order valence-corrected chi connectivity index (χ3v) is 5.51. The maximum atomic E-state index is 13.1. The molecule has 1 aliphatic rings. The lowest BCUT2D eigenvalue weighted by Gasteiger charge is -2.13. The maximum absolute atomic E-state index is 13.1. The summed E-state index contributed by atoms with van der Waals surface area (Å²) >= 11 is 5.99. The second kappa shape index (κ2) is 7.97. The number of nitrogens with one attached hydrogen (secondary N) is 1. The number of carbonyl (C=O) groups excluding carboxylic acids is 1. The number of carbonyl (C=O) groups is 1. The summed E-state index contributed by atoms with van der Waals surface area (Å²) in [7, 11) is 0. The summed E-state index contributed by atoms with van der Waals surface area (Å²) in [5, 5.41) is 16.7. The predicted molar refractivity (Wildman–Crippen MR) is 124 cm³/mol. The Balaban J connectivity index is 1.82. The number of H-pyrrole nitrogens is 1. The Morgan fingerprint density at radius 1 is 1.00 bits per heavy atom. The number of anilines is 1. The minimum absolute atomic E-state index is 0.125. The van der Waals surface area contributed by atoms with Gasteiger partial charge >= 0.3 is 5.69 Å². The van der Waals surface area contributed by atoms with E-state index in [1.54, 1.807) is 31.2 Å². The number of hydrogen-bond acceptors (Lipinski definition) is 5. The molecule has 2 N–H and O–H groups in total. The van der Waals surface area contributed by atoms with Gasteiger partial charge in [-0.1, -0.05) is 23.7 Å². The molecule has 0 saturated carbocycles. The molecule has 4 rings (SSSR count). The fourth-order valence-electron chi connectivity index (χ4n) is 3.38. The van der Waals surface area contributed by atoms with Crippen LogP contribution in [0.25, 0.3) is 11.8 Å². The van der Waals surface area contributed by atoms with E-state index in [2.05, 4.69) is 10.1 Å². The number of halogens is 1. The van der Waals surface area contributed by atoms with Gasteiger partial charge in [-0.15, -0.1) is 0 Å². The van der Waals surface area contributed by atoms with E-state index >= 15 is 0 Å². The molecule has 0 radical (unpaired) electrons. The number of benzene rings is 2. The van der Waals surface area contributed by atoms with Crippen LogP contribution in [0, 0.1) is 13.8 Å². The number of aromatic hydroxyl groups is 1. The Kier molecular flexibility index (Phi) is 5.31. The third kappa shape index (κ3) is 3.65. The fraction of sp³-hybridized carbons (Fsp3) is 0.130. The first-order valence-electron chi connectivity index (χ1n) is 9.70. The Morgan fingerprint density at radius 2 is 1.75 bits per heavy atom. The summed E-state index contributed by atoms with van der Waals surface area (Å²) in [6, 6.07) is 11.7. The van der Waals surface area contributed by atoms with E-state index in [1.807, 2.05) is 26.0 Å². The van der Waals surface area contributed by atoms with E-state index in [0.717, 1.165) is 15.7 Å². The summed E-state index contributed by atoms with van der Waals surface area (Å²) in [6.45, 7) is 5.53. The monoisotopic (exact) mass is 450 g/mol. The van der Waals surface area contributed by atoms with Gasteiger partial charge in [-0.2, -0.15) is 10.1 Å². The second-order valence-corrected chi connectivity index (χ2v) is 7.88. The van der Waals surface area contributed by atoms with Crippen LogP contribution in [0.3, 0.4) is 0 Å². The molecule has 32 heavy (non-hydrogen) atoms. The number of hydrazone groups is 1. The molecule has 3 aromatic rings. The van der Waals surface area contributed by atoms with Gasteiger partial charge in [0.25, 0.3) is 11.5 Å². The Labute approximate surface area is 187 Å². The molecule has 1 aliphatic heterocycles. The van der Waals surface area contributed by atoms with E-state index in [0.29, 0.717) is 16.4 Å². The van der Waals surface area contributed by atoms with Crippen LogP contribution in [-0.2, 0) is 4.79 Å². The number of nitrogens with zero attached hydrogens (tertiary/aromatic N) is 3. The molecular formula is C23H19ClN4O4. The first-order chi connectivity index (χ1) is 15.2. The van der Waals surface area contributed by atoms with Crippen molar-refractivity contribution in [1.82, 2.24) is 9.55 Å². The minimum atomic E-state index is -0.836. The van der Waals surface area contributed by atoms with Crippen molar-refractivity contribution >= 4 is 35.0 Å². The van der Waals surface area contributed by atoms with Crippen molar-refractivity contribution in [2.75, 3.05) is 5.01 Å². The quantitative estimate of drug-likeness (QED) is 0.597. The van der Waals surface area contributed by atoms with Crippen molar-refractivity contribution in [2.45, 2.75) is 20.8 Å².